The zero-order valence-corrected chi connectivity index (χ0v) is 14.3. The molecule has 1 amide bonds. The van der Waals surface area contributed by atoms with Crippen LogP contribution in [0.25, 0.3) is 11.3 Å². The van der Waals surface area contributed by atoms with Crippen molar-refractivity contribution in [1.29, 1.82) is 0 Å². The van der Waals surface area contributed by atoms with Gasteiger partial charge in [0.1, 0.15) is 5.69 Å². The molecule has 3 aromatic rings. The number of thioether (sulfide) groups is 1. The van der Waals surface area contributed by atoms with Gasteiger partial charge >= 0.3 is 0 Å². The molecule has 0 atom stereocenters. The van der Waals surface area contributed by atoms with Gasteiger partial charge in [-0.05, 0) is 18.2 Å². The zero-order valence-electron chi connectivity index (χ0n) is 13.5. The minimum Gasteiger partial charge on any atom is -0.325 e. The summed E-state index contributed by atoms with van der Waals surface area (Å²) in [6.45, 7) is 0.994. The Morgan fingerprint density at radius 3 is 2.72 bits per heavy atom. The highest BCUT2D eigenvalue weighted by Gasteiger charge is 2.15. The van der Waals surface area contributed by atoms with Crippen LogP contribution >= 0.6 is 11.8 Å². The second-order valence-corrected chi connectivity index (χ2v) is 6.72. The van der Waals surface area contributed by atoms with Crippen molar-refractivity contribution in [3.05, 3.63) is 58.6 Å². The molecule has 0 spiro atoms. The SMILES string of the molecule is Cn1nc(C(=O)Nc2ccc(-c3cn4c(n3)SCC4)cc2)ccc1=O. The van der Waals surface area contributed by atoms with E-state index in [-0.39, 0.29) is 17.2 Å². The topological polar surface area (TPSA) is 81.8 Å². The molecule has 0 saturated carbocycles. The van der Waals surface area contributed by atoms with Gasteiger partial charge in [-0.15, -0.1) is 0 Å². The number of amides is 1. The summed E-state index contributed by atoms with van der Waals surface area (Å²) in [5, 5.41) is 7.76. The van der Waals surface area contributed by atoms with Crippen LogP contribution in [-0.2, 0) is 13.6 Å². The highest BCUT2D eigenvalue weighted by Crippen LogP contribution is 2.29. The summed E-state index contributed by atoms with van der Waals surface area (Å²) in [6, 6.07) is 10.2. The Hall–Kier alpha value is -2.87. The maximum absolute atomic E-state index is 12.2. The molecule has 7 nitrogen and oxygen atoms in total. The highest BCUT2D eigenvalue weighted by atomic mass is 32.2. The smallest absolute Gasteiger partial charge is 0.276 e. The average Bonchev–Trinajstić information content (AvgIpc) is 3.20. The minimum atomic E-state index is -0.360. The highest BCUT2D eigenvalue weighted by molar-refractivity contribution is 7.99. The number of imidazole rings is 1. The van der Waals surface area contributed by atoms with Crippen molar-refractivity contribution in [3.63, 3.8) is 0 Å². The molecule has 0 unspecified atom stereocenters. The van der Waals surface area contributed by atoms with Gasteiger partial charge in [-0.25, -0.2) is 9.67 Å². The minimum absolute atomic E-state index is 0.189. The average molecular weight is 353 g/mol. The van der Waals surface area contributed by atoms with Crippen LogP contribution in [0.5, 0.6) is 0 Å². The second kappa shape index (κ2) is 6.21. The Kier molecular flexibility index (Phi) is 3.89. The first-order valence-electron chi connectivity index (χ1n) is 7.76. The summed E-state index contributed by atoms with van der Waals surface area (Å²) >= 11 is 1.76. The number of benzene rings is 1. The van der Waals surface area contributed by atoms with Crippen LogP contribution in [0.15, 0.2) is 52.5 Å². The normalized spacial score (nSPS) is 12.8. The van der Waals surface area contributed by atoms with E-state index < -0.39 is 0 Å². The largest absolute Gasteiger partial charge is 0.325 e. The maximum atomic E-state index is 12.2. The lowest BCUT2D eigenvalue weighted by Crippen LogP contribution is -2.23. The molecule has 1 aromatic carbocycles. The number of aryl methyl sites for hydroxylation is 2. The Balaban J connectivity index is 1.50. The molecular formula is C17H15N5O2S. The molecule has 126 valence electrons. The molecule has 0 fully saturated rings. The molecule has 1 aliphatic rings. The zero-order chi connectivity index (χ0) is 17.4. The standard InChI is InChI=1S/C17H15N5O2S/c1-21-15(23)7-6-13(20-21)16(24)18-12-4-2-11(3-5-12)14-10-22-8-9-25-17(22)19-14/h2-7,10H,8-9H2,1H3,(H,18,24). The molecule has 0 aliphatic carbocycles. The summed E-state index contributed by atoms with van der Waals surface area (Å²) in [5.74, 6) is 0.716. The van der Waals surface area contributed by atoms with Gasteiger partial charge in [0, 0.05) is 42.9 Å². The van der Waals surface area contributed by atoms with Crippen LogP contribution in [0.2, 0.25) is 0 Å². The van der Waals surface area contributed by atoms with Crippen LogP contribution in [0.1, 0.15) is 10.5 Å². The van der Waals surface area contributed by atoms with Gasteiger partial charge in [-0.1, -0.05) is 23.9 Å². The summed E-state index contributed by atoms with van der Waals surface area (Å²) in [5.41, 5.74) is 2.52. The number of fused-ring (bicyclic) bond motifs is 1. The van der Waals surface area contributed by atoms with Crippen molar-refractivity contribution >= 4 is 23.4 Å². The van der Waals surface area contributed by atoms with Crippen LogP contribution < -0.4 is 10.9 Å². The van der Waals surface area contributed by atoms with Gasteiger partial charge in [0.05, 0.1) is 5.69 Å². The number of hydrogen-bond acceptors (Lipinski definition) is 5. The van der Waals surface area contributed by atoms with Gasteiger partial charge in [-0.3, -0.25) is 9.59 Å². The lowest BCUT2D eigenvalue weighted by molar-refractivity contribution is 0.102. The van der Waals surface area contributed by atoms with E-state index in [0.717, 1.165) is 33.4 Å². The first-order valence-corrected chi connectivity index (χ1v) is 8.75. The fraction of sp³-hybridized carbons (Fsp3) is 0.176. The third kappa shape index (κ3) is 3.08. The molecule has 0 radical (unpaired) electrons. The van der Waals surface area contributed by atoms with Crippen LogP contribution in [-0.4, -0.2) is 31.0 Å². The molecule has 4 rings (SSSR count). The fourth-order valence-electron chi connectivity index (χ4n) is 2.59. The summed E-state index contributed by atoms with van der Waals surface area (Å²) in [7, 11) is 1.51. The van der Waals surface area contributed by atoms with E-state index in [9.17, 15) is 9.59 Å². The van der Waals surface area contributed by atoms with E-state index in [2.05, 4.69) is 26.2 Å². The third-order valence-corrected chi connectivity index (χ3v) is 4.91. The van der Waals surface area contributed by atoms with Crippen LogP contribution in [0, 0.1) is 0 Å². The molecule has 3 heterocycles. The van der Waals surface area contributed by atoms with Crippen molar-refractivity contribution in [2.75, 3.05) is 11.1 Å². The van der Waals surface area contributed by atoms with Crippen molar-refractivity contribution in [3.8, 4) is 11.3 Å². The van der Waals surface area contributed by atoms with E-state index in [1.54, 1.807) is 11.8 Å². The lowest BCUT2D eigenvalue weighted by Gasteiger charge is -2.06. The van der Waals surface area contributed by atoms with Crippen molar-refractivity contribution in [2.45, 2.75) is 11.7 Å². The molecule has 2 aromatic heterocycles. The van der Waals surface area contributed by atoms with E-state index >= 15 is 0 Å². The van der Waals surface area contributed by atoms with Gasteiger partial charge in [-0.2, -0.15) is 5.10 Å². The predicted octanol–water partition coefficient (Wildman–Crippen LogP) is 2.00. The Morgan fingerprint density at radius 1 is 1.20 bits per heavy atom. The molecule has 0 saturated heterocycles. The van der Waals surface area contributed by atoms with E-state index in [0.29, 0.717) is 5.69 Å². The number of anilines is 1. The van der Waals surface area contributed by atoms with Crippen molar-refractivity contribution in [1.82, 2.24) is 19.3 Å². The molecule has 25 heavy (non-hydrogen) atoms. The summed E-state index contributed by atoms with van der Waals surface area (Å²) in [6.07, 6.45) is 2.05. The second-order valence-electron chi connectivity index (χ2n) is 5.66. The molecule has 1 N–H and O–H groups in total. The quantitative estimate of drug-likeness (QED) is 0.779. The number of nitrogens with one attached hydrogen (secondary N) is 1. The summed E-state index contributed by atoms with van der Waals surface area (Å²) < 4.78 is 3.29. The Bertz CT molecular complexity index is 985. The lowest BCUT2D eigenvalue weighted by atomic mass is 10.1. The van der Waals surface area contributed by atoms with Crippen molar-refractivity contribution in [2.24, 2.45) is 7.05 Å². The number of nitrogens with zero attached hydrogens (tertiary/aromatic N) is 4. The third-order valence-electron chi connectivity index (χ3n) is 3.93. The van der Waals surface area contributed by atoms with Gasteiger partial charge in [0.2, 0.25) is 0 Å². The molecule has 0 bridgehead atoms. The monoisotopic (exact) mass is 353 g/mol. The maximum Gasteiger partial charge on any atom is 0.276 e. The number of carbonyl (C=O) groups is 1. The molecule has 8 heteroatoms. The first kappa shape index (κ1) is 15.6. The van der Waals surface area contributed by atoms with Crippen molar-refractivity contribution < 1.29 is 4.79 Å². The number of hydrogen-bond donors (Lipinski definition) is 1. The Labute approximate surface area is 147 Å². The van der Waals surface area contributed by atoms with Crippen LogP contribution in [0.4, 0.5) is 5.69 Å². The van der Waals surface area contributed by atoms with Gasteiger partial charge in [0.25, 0.3) is 11.5 Å². The van der Waals surface area contributed by atoms with E-state index in [1.807, 2.05) is 24.3 Å². The predicted molar refractivity (Wildman–Crippen MR) is 95.8 cm³/mol. The molecular weight excluding hydrogens is 338 g/mol. The number of rotatable bonds is 3. The number of aromatic nitrogens is 4. The Morgan fingerprint density at radius 2 is 2.00 bits per heavy atom. The number of carbonyl (C=O) groups excluding carboxylic acids is 1. The van der Waals surface area contributed by atoms with E-state index in [1.165, 1.54) is 19.2 Å². The summed E-state index contributed by atoms with van der Waals surface area (Å²) in [4.78, 5) is 28.2. The van der Waals surface area contributed by atoms with Gasteiger partial charge < -0.3 is 9.88 Å². The van der Waals surface area contributed by atoms with Crippen LogP contribution in [0.3, 0.4) is 0 Å². The fourth-order valence-corrected chi connectivity index (χ4v) is 3.53. The molecule has 1 aliphatic heterocycles. The first-order chi connectivity index (χ1) is 12.1. The van der Waals surface area contributed by atoms with Gasteiger partial charge in [0.15, 0.2) is 5.16 Å². The van der Waals surface area contributed by atoms with E-state index in [4.69, 9.17) is 0 Å².